The average molecular weight is 319 g/mol. The van der Waals surface area contributed by atoms with Crippen molar-refractivity contribution in [3.8, 4) is 0 Å². The first kappa shape index (κ1) is 17.1. The van der Waals surface area contributed by atoms with Gasteiger partial charge in [-0.2, -0.15) is 0 Å². The number of hydrogen-bond donors (Lipinski definition) is 2. The maximum atomic E-state index is 12.6. The number of nitrogens with one attached hydrogen (secondary N) is 1. The number of amides is 1. The van der Waals surface area contributed by atoms with Gasteiger partial charge < -0.3 is 20.7 Å². The minimum absolute atomic E-state index is 0.0536. The van der Waals surface area contributed by atoms with Crippen LogP contribution in [0, 0.1) is 5.92 Å². The van der Waals surface area contributed by atoms with Gasteiger partial charge in [0, 0.05) is 25.3 Å². The summed E-state index contributed by atoms with van der Waals surface area (Å²) >= 11 is 0. The number of nitrogen functional groups attached to an aromatic ring is 1. The molecule has 3 N–H and O–H groups in total. The quantitative estimate of drug-likeness (QED) is 0.648. The standard InChI is InChI=1S/C17H25N3O3/c1-10(2)16-17(22)19-14(9-23-11(3)21)8-12-7-13(18)5-6-15(12)20(16)4/h5-7,10,14,16H,8-9,18H2,1-4H3,(H,19,22)/t14-,16-/m0/s1. The summed E-state index contributed by atoms with van der Waals surface area (Å²) in [5.41, 5.74) is 8.62. The molecule has 6 nitrogen and oxygen atoms in total. The second-order valence-electron chi connectivity index (χ2n) is 6.40. The molecule has 1 aliphatic rings. The molecule has 6 heteroatoms. The molecule has 0 fully saturated rings. The van der Waals surface area contributed by atoms with E-state index in [1.54, 1.807) is 0 Å². The highest BCUT2D eigenvalue weighted by atomic mass is 16.5. The number of rotatable bonds is 3. The lowest BCUT2D eigenvalue weighted by atomic mass is 9.95. The molecule has 1 amide bonds. The van der Waals surface area contributed by atoms with Crippen molar-refractivity contribution in [3.05, 3.63) is 23.8 Å². The summed E-state index contributed by atoms with van der Waals surface area (Å²) < 4.78 is 5.10. The van der Waals surface area contributed by atoms with Gasteiger partial charge in [0.25, 0.3) is 0 Å². The fraction of sp³-hybridized carbons (Fsp3) is 0.529. The van der Waals surface area contributed by atoms with Crippen LogP contribution in [0.2, 0.25) is 0 Å². The summed E-state index contributed by atoms with van der Waals surface area (Å²) in [5, 5.41) is 3.00. The highest BCUT2D eigenvalue weighted by molar-refractivity contribution is 5.87. The van der Waals surface area contributed by atoms with Crippen LogP contribution in [0.4, 0.5) is 11.4 Å². The Kier molecular flexibility index (Phi) is 5.13. The summed E-state index contributed by atoms with van der Waals surface area (Å²) in [5.74, 6) is -0.272. The lowest BCUT2D eigenvalue weighted by Crippen LogP contribution is -2.54. The minimum Gasteiger partial charge on any atom is -0.464 e. The second kappa shape index (κ2) is 6.89. The first-order valence-corrected chi connectivity index (χ1v) is 7.84. The summed E-state index contributed by atoms with van der Waals surface area (Å²) in [6.07, 6.45) is 0.564. The molecule has 0 radical (unpaired) electrons. The Bertz CT molecular complexity index is 601. The first-order valence-electron chi connectivity index (χ1n) is 7.84. The zero-order valence-electron chi connectivity index (χ0n) is 14.1. The molecule has 23 heavy (non-hydrogen) atoms. The Balaban J connectivity index is 2.39. The lowest BCUT2D eigenvalue weighted by molar-refractivity contribution is -0.142. The highest BCUT2D eigenvalue weighted by Gasteiger charge is 2.32. The van der Waals surface area contributed by atoms with E-state index in [0.29, 0.717) is 12.1 Å². The predicted molar refractivity (Wildman–Crippen MR) is 90.2 cm³/mol. The van der Waals surface area contributed by atoms with Crippen LogP contribution in [-0.4, -0.2) is 37.6 Å². The third-order valence-corrected chi connectivity index (χ3v) is 4.10. The molecule has 2 rings (SSSR count). The molecule has 0 saturated heterocycles. The maximum absolute atomic E-state index is 12.6. The van der Waals surface area contributed by atoms with Crippen LogP contribution >= 0.6 is 0 Å². The smallest absolute Gasteiger partial charge is 0.302 e. The molecule has 0 saturated carbocycles. The Morgan fingerprint density at radius 1 is 1.48 bits per heavy atom. The van der Waals surface area contributed by atoms with E-state index in [9.17, 15) is 9.59 Å². The summed E-state index contributed by atoms with van der Waals surface area (Å²) in [6.45, 7) is 5.55. The van der Waals surface area contributed by atoms with Gasteiger partial charge in [-0.05, 0) is 36.1 Å². The van der Waals surface area contributed by atoms with Crippen LogP contribution in [0.1, 0.15) is 26.3 Å². The summed E-state index contributed by atoms with van der Waals surface area (Å²) in [4.78, 5) is 25.7. The number of esters is 1. The van der Waals surface area contributed by atoms with E-state index >= 15 is 0 Å². The van der Waals surface area contributed by atoms with Gasteiger partial charge in [0.2, 0.25) is 5.91 Å². The number of carbonyl (C=O) groups is 2. The van der Waals surface area contributed by atoms with Crippen LogP contribution < -0.4 is 16.0 Å². The molecule has 2 atom stereocenters. The fourth-order valence-electron chi connectivity index (χ4n) is 3.11. The van der Waals surface area contributed by atoms with Crippen LogP contribution in [0.15, 0.2) is 18.2 Å². The summed E-state index contributed by atoms with van der Waals surface area (Å²) in [6, 6.07) is 5.15. The van der Waals surface area contributed by atoms with Gasteiger partial charge in [0.1, 0.15) is 12.6 Å². The van der Waals surface area contributed by atoms with Gasteiger partial charge in [-0.15, -0.1) is 0 Å². The molecule has 1 aromatic carbocycles. The number of benzene rings is 1. The van der Waals surface area contributed by atoms with Crippen molar-refractivity contribution in [2.45, 2.75) is 39.3 Å². The van der Waals surface area contributed by atoms with E-state index < -0.39 is 0 Å². The van der Waals surface area contributed by atoms with Crippen molar-refractivity contribution in [3.63, 3.8) is 0 Å². The number of anilines is 2. The van der Waals surface area contributed by atoms with Crippen LogP contribution in [0.3, 0.4) is 0 Å². The van der Waals surface area contributed by atoms with E-state index in [0.717, 1.165) is 11.3 Å². The number of nitrogens with zero attached hydrogens (tertiary/aromatic N) is 1. The molecule has 0 unspecified atom stereocenters. The molecular weight excluding hydrogens is 294 g/mol. The largest absolute Gasteiger partial charge is 0.464 e. The Morgan fingerprint density at radius 2 is 2.17 bits per heavy atom. The van der Waals surface area contributed by atoms with E-state index in [2.05, 4.69) is 5.32 Å². The van der Waals surface area contributed by atoms with E-state index in [1.807, 2.05) is 44.0 Å². The minimum atomic E-state index is -0.355. The molecule has 0 spiro atoms. The third kappa shape index (κ3) is 3.94. The number of carbonyl (C=O) groups excluding carboxylic acids is 2. The molecule has 126 valence electrons. The zero-order valence-corrected chi connectivity index (χ0v) is 14.1. The van der Waals surface area contributed by atoms with Gasteiger partial charge in [-0.1, -0.05) is 13.8 Å². The Morgan fingerprint density at radius 3 is 2.78 bits per heavy atom. The Hall–Kier alpha value is -2.24. The van der Waals surface area contributed by atoms with Gasteiger partial charge in [-0.3, -0.25) is 9.59 Å². The summed E-state index contributed by atoms with van der Waals surface area (Å²) in [7, 11) is 1.92. The van der Waals surface area contributed by atoms with E-state index in [1.165, 1.54) is 6.92 Å². The number of fused-ring (bicyclic) bond motifs is 1. The highest BCUT2D eigenvalue weighted by Crippen LogP contribution is 2.29. The van der Waals surface area contributed by atoms with Crippen molar-refractivity contribution in [1.82, 2.24) is 5.32 Å². The number of ether oxygens (including phenoxy) is 1. The zero-order chi connectivity index (χ0) is 17.1. The molecule has 0 aliphatic carbocycles. The molecule has 0 bridgehead atoms. The van der Waals surface area contributed by atoms with Gasteiger partial charge >= 0.3 is 5.97 Å². The third-order valence-electron chi connectivity index (χ3n) is 4.10. The number of nitrogens with two attached hydrogens (primary N) is 1. The van der Waals surface area contributed by atoms with E-state index in [4.69, 9.17) is 10.5 Å². The molecule has 1 heterocycles. The van der Waals surface area contributed by atoms with E-state index in [-0.39, 0.29) is 36.5 Å². The molecule has 0 aromatic heterocycles. The van der Waals surface area contributed by atoms with Crippen molar-refractivity contribution >= 4 is 23.3 Å². The normalized spacial score (nSPS) is 21.3. The second-order valence-corrected chi connectivity index (χ2v) is 6.40. The van der Waals surface area contributed by atoms with Crippen molar-refractivity contribution in [2.24, 2.45) is 5.92 Å². The predicted octanol–water partition coefficient (Wildman–Crippen LogP) is 1.33. The lowest BCUT2D eigenvalue weighted by Gasteiger charge is -2.37. The monoisotopic (exact) mass is 319 g/mol. The van der Waals surface area contributed by atoms with Crippen LogP contribution in [0.5, 0.6) is 0 Å². The molecular formula is C17H25N3O3. The topological polar surface area (TPSA) is 84.7 Å². The van der Waals surface area contributed by atoms with Crippen molar-refractivity contribution in [2.75, 3.05) is 24.3 Å². The fourth-order valence-corrected chi connectivity index (χ4v) is 3.11. The Labute approximate surface area is 137 Å². The molecule has 1 aromatic rings. The average Bonchev–Trinajstić information content (AvgIpc) is 2.43. The number of hydrogen-bond acceptors (Lipinski definition) is 5. The van der Waals surface area contributed by atoms with Gasteiger partial charge in [0.15, 0.2) is 0 Å². The van der Waals surface area contributed by atoms with Gasteiger partial charge in [-0.25, -0.2) is 0 Å². The first-order chi connectivity index (χ1) is 10.8. The molecule has 1 aliphatic heterocycles. The van der Waals surface area contributed by atoms with Gasteiger partial charge in [0.05, 0.1) is 6.04 Å². The van der Waals surface area contributed by atoms with Crippen molar-refractivity contribution < 1.29 is 14.3 Å². The van der Waals surface area contributed by atoms with Crippen LogP contribution in [0.25, 0.3) is 0 Å². The van der Waals surface area contributed by atoms with Crippen LogP contribution in [-0.2, 0) is 20.7 Å². The number of likely N-dealkylation sites (N-methyl/N-ethyl adjacent to an activating group) is 1. The SMILES string of the molecule is CC(=O)OC[C@@H]1Cc2cc(N)ccc2N(C)[C@@H](C(C)C)C(=O)N1. The van der Waals surface area contributed by atoms with Crippen molar-refractivity contribution in [1.29, 1.82) is 0 Å². The maximum Gasteiger partial charge on any atom is 0.302 e.